The number of nitrogens with zero attached hydrogens (tertiary/aromatic N) is 7. The fourth-order valence-electron chi connectivity index (χ4n) is 4.38. The first-order chi connectivity index (χ1) is 15.5. The van der Waals surface area contributed by atoms with Crippen LogP contribution >= 0.6 is 0 Å². The molecule has 0 N–H and O–H groups in total. The van der Waals surface area contributed by atoms with Crippen molar-refractivity contribution in [2.75, 3.05) is 37.6 Å². The third-order valence-electron chi connectivity index (χ3n) is 6.06. The number of carbonyl (C=O) groups is 2. The van der Waals surface area contributed by atoms with E-state index < -0.39 is 11.6 Å². The molecule has 1 aliphatic heterocycles. The minimum absolute atomic E-state index is 0.00534. The van der Waals surface area contributed by atoms with Crippen LogP contribution in [0.2, 0.25) is 0 Å². The number of rotatable bonds is 5. The first kappa shape index (κ1) is 20.3. The average Bonchev–Trinajstić information content (AvgIpc) is 3.14. The number of fused-ring (bicyclic) bond motifs is 2. The normalized spacial score (nSPS) is 16.2. The van der Waals surface area contributed by atoms with Gasteiger partial charge >= 0.3 is 0 Å². The molecule has 0 saturated carbocycles. The summed E-state index contributed by atoms with van der Waals surface area (Å²) in [5.41, 5.74) is 2.49. The fourth-order valence-corrected chi connectivity index (χ4v) is 4.38. The molecule has 0 bridgehead atoms. The molecule has 2 aliphatic rings. The zero-order chi connectivity index (χ0) is 22.2. The Morgan fingerprint density at radius 3 is 2.66 bits per heavy atom. The lowest BCUT2D eigenvalue weighted by atomic mass is 9.95. The molecule has 0 unspecified atom stereocenters. The molecule has 0 radical (unpaired) electrons. The van der Waals surface area contributed by atoms with Gasteiger partial charge in [-0.3, -0.25) is 14.5 Å². The van der Waals surface area contributed by atoms with Gasteiger partial charge in [-0.15, -0.1) is 4.68 Å². The molecule has 2 aromatic heterocycles. The number of piperazine rings is 1. The second-order valence-corrected chi connectivity index (χ2v) is 8.14. The Hall–Kier alpha value is -3.66. The lowest BCUT2D eigenvalue weighted by molar-refractivity contribution is -0.749. The highest BCUT2D eigenvalue weighted by Gasteiger charge is 2.40. The van der Waals surface area contributed by atoms with Crippen molar-refractivity contribution < 1.29 is 14.5 Å². The van der Waals surface area contributed by atoms with Gasteiger partial charge in [-0.25, -0.2) is 9.97 Å². The third-order valence-corrected chi connectivity index (χ3v) is 6.06. The predicted octanol–water partition coefficient (Wildman–Crippen LogP) is 0.603. The number of aromatic nitrogens is 5. The standard InChI is InChI=1S/C22H23N7O3/c1-15-4-2-5-16(12-15)27-10-8-26(9-11-27)6-3-7-28-20-19(25-29(28)32)22(31)18-17(21(20)30)13-23-14-24-18/h2,4-5,12-14H,3,6-11H2,1H3. The Morgan fingerprint density at radius 2 is 1.88 bits per heavy atom. The van der Waals surface area contributed by atoms with Crippen LogP contribution in [0.1, 0.15) is 44.2 Å². The monoisotopic (exact) mass is 433 g/mol. The number of hydrogen-bond donors (Lipinski definition) is 0. The number of anilines is 1. The Balaban J connectivity index is 1.22. The van der Waals surface area contributed by atoms with Crippen LogP contribution in [0.4, 0.5) is 5.69 Å². The van der Waals surface area contributed by atoms with E-state index in [1.807, 2.05) is 0 Å². The highest BCUT2D eigenvalue weighted by molar-refractivity contribution is 6.25. The van der Waals surface area contributed by atoms with Gasteiger partial charge < -0.3 is 10.1 Å². The Labute approximate surface area is 184 Å². The van der Waals surface area contributed by atoms with Crippen molar-refractivity contribution in [3.8, 4) is 0 Å². The van der Waals surface area contributed by atoms with Crippen molar-refractivity contribution in [1.82, 2.24) is 24.6 Å². The number of carbonyl (C=O) groups excluding carboxylic acids is 2. The zero-order valence-electron chi connectivity index (χ0n) is 17.8. The number of ketones is 2. The summed E-state index contributed by atoms with van der Waals surface area (Å²) in [6.07, 6.45) is 3.18. The van der Waals surface area contributed by atoms with E-state index in [-0.39, 0.29) is 22.6 Å². The van der Waals surface area contributed by atoms with Gasteiger partial charge in [0.05, 0.1) is 12.1 Å². The molecule has 0 atom stereocenters. The molecule has 1 aromatic carbocycles. The van der Waals surface area contributed by atoms with Gasteiger partial charge in [-0.05, 0) is 31.0 Å². The van der Waals surface area contributed by atoms with Crippen molar-refractivity contribution in [2.24, 2.45) is 0 Å². The first-order valence-electron chi connectivity index (χ1n) is 10.7. The van der Waals surface area contributed by atoms with E-state index >= 15 is 0 Å². The van der Waals surface area contributed by atoms with Crippen LogP contribution in [0.5, 0.6) is 0 Å². The molecule has 3 heterocycles. The van der Waals surface area contributed by atoms with Crippen LogP contribution in [0, 0.1) is 12.1 Å². The van der Waals surface area contributed by atoms with Crippen molar-refractivity contribution in [2.45, 2.75) is 19.9 Å². The Morgan fingerprint density at radius 1 is 1.06 bits per heavy atom. The summed E-state index contributed by atoms with van der Waals surface area (Å²) >= 11 is 0. The van der Waals surface area contributed by atoms with Crippen LogP contribution in [-0.2, 0) is 6.54 Å². The molecule has 1 fully saturated rings. The van der Waals surface area contributed by atoms with Gasteiger partial charge in [0.1, 0.15) is 12.0 Å². The van der Waals surface area contributed by atoms with Gasteiger partial charge in [0, 0.05) is 54.7 Å². The molecular formula is C22H23N7O3. The molecule has 164 valence electrons. The second-order valence-electron chi connectivity index (χ2n) is 8.14. The second kappa shape index (κ2) is 8.12. The highest BCUT2D eigenvalue weighted by Crippen LogP contribution is 2.23. The quantitative estimate of drug-likeness (QED) is 0.332. The summed E-state index contributed by atoms with van der Waals surface area (Å²) in [6, 6.07) is 8.52. The molecule has 1 aliphatic carbocycles. The molecule has 32 heavy (non-hydrogen) atoms. The van der Waals surface area contributed by atoms with Crippen molar-refractivity contribution in [3.05, 3.63) is 70.2 Å². The van der Waals surface area contributed by atoms with Crippen LogP contribution in [0.25, 0.3) is 0 Å². The van der Waals surface area contributed by atoms with Gasteiger partial charge in [0.2, 0.25) is 17.3 Å². The van der Waals surface area contributed by atoms with Crippen LogP contribution in [-0.4, -0.2) is 68.9 Å². The Kier molecular flexibility index (Phi) is 5.14. The summed E-state index contributed by atoms with van der Waals surface area (Å²) < 4.78 is 1.24. The molecule has 0 spiro atoms. The van der Waals surface area contributed by atoms with Gasteiger partial charge in [0.25, 0.3) is 0 Å². The summed E-state index contributed by atoms with van der Waals surface area (Å²) in [5, 5.41) is 16.1. The maximum absolute atomic E-state index is 12.9. The molecule has 1 saturated heterocycles. The minimum Gasteiger partial charge on any atom is -0.571 e. The molecule has 3 aromatic rings. The summed E-state index contributed by atoms with van der Waals surface area (Å²) in [7, 11) is 0. The predicted molar refractivity (Wildman–Crippen MR) is 115 cm³/mol. The number of hydrogen-bond acceptors (Lipinski definition) is 8. The Bertz CT molecular complexity index is 1200. The van der Waals surface area contributed by atoms with Crippen LogP contribution in [0.15, 0.2) is 36.8 Å². The fraction of sp³-hybridized carbons (Fsp3) is 0.364. The maximum Gasteiger partial charge on any atom is 0.239 e. The van der Waals surface area contributed by atoms with E-state index in [4.69, 9.17) is 0 Å². The van der Waals surface area contributed by atoms with Crippen molar-refractivity contribution in [1.29, 1.82) is 0 Å². The third kappa shape index (κ3) is 3.52. The van der Waals surface area contributed by atoms with Gasteiger partial charge in [-0.1, -0.05) is 12.1 Å². The van der Waals surface area contributed by atoms with Crippen LogP contribution < -0.4 is 9.86 Å². The zero-order valence-corrected chi connectivity index (χ0v) is 17.8. The van der Waals surface area contributed by atoms with E-state index in [2.05, 4.69) is 56.1 Å². The molecule has 10 nitrogen and oxygen atoms in total. The maximum atomic E-state index is 12.9. The van der Waals surface area contributed by atoms with E-state index in [0.29, 0.717) is 17.9 Å². The SMILES string of the molecule is Cc1cccc(N2CCN(CCCn3c4c(n[n+]3[O-])C(=O)c3ncncc3C4=O)CC2)c1. The summed E-state index contributed by atoms with van der Waals surface area (Å²) in [4.78, 5) is 38.3. The van der Waals surface area contributed by atoms with Crippen molar-refractivity contribution in [3.63, 3.8) is 0 Å². The molecule has 10 heteroatoms. The van der Waals surface area contributed by atoms with E-state index in [1.54, 1.807) is 0 Å². The van der Waals surface area contributed by atoms with Crippen LogP contribution in [0.3, 0.4) is 0 Å². The first-order valence-corrected chi connectivity index (χ1v) is 10.7. The summed E-state index contributed by atoms with van der Waals surface area (Å²) in [6.45, 7) is 6.92. The van der Waals surface area contributed by atoms with E-state index in [0.717, 1.165) is 32.7 Å². The van der Waals surface area contributed by atoms with Crippen molar-refractivity contribution >= 4 is 17.3 Å². The smallest absolute Gasteiger partial charge is 0.239 e. The lowest BCUT2D eigenvalue weighted by Crippen LogP contribution is -2.47. The number of aryl methyl sites for hydroxylation is 1. The lowest BCUT2D eigenvalue weighted by Gasteiger charge is -2.36. The summed E-state index contributed by atoms with van der Waals surface area (Å²) in [5.74, 6) is -0.961. The van der Waals surface area contributed by atoms with E-state index in [1.165, 1.54) is 28.5 Å². The average molecular weight is 433 g/mol. The topological polar surface area (TPSA) is 111 Å². The largest absolute Gasteiger partial charge is 0.571 e. The number of benzene rings is 1. The van der Waals surface area contributed by atoms with E-state index in [9.17, 15) is 14.8 Å². The molecule has 5 rings (SSSR count). The molecular weight excluding hydrogens is 410 g/mol. The highest BCUT2D eigenvalue weighted by atomic mass is 16.5. The minimum atomic E-state index is -0.521. The molecule has 0 amide bonds. The van der Waals surface area contributed by atoms with Gasteiger partial charge in [0.15, 0.2) is 5.69 Å². The van der Waals surface area contributed by atoms with Gasteiger partial charge in [-0.2, -0.15) is 0 Å².